The Balaban J connectivity index is 2.46. The van der Waals surface area contributed by atoms with E-state index in [0.29, 0.717) is 24.8 Å². The lowest BCUT2D eigenvalue weighted by atomic mass is 10.7. The number of aliphatic hydroxyl groups excluding tert-OH is 3. The summed E-state index contributed by atoms with van der Waals surface area (Å²) in [6.45, 7) is 9.81. The average Bonchev–Trinajstić information content (AvgIpc) is 2.88. The molecule has 0 bridgehead atoms. The number of carbonyl (C=O) groups excluding carboxylic acids is 1. The van der Waals surface area contributed by atoms with Crippen molar-refractivity contribution < 1.29 is 20.1 Å². The molecule has 4 atom stereocenters. The number of carbonyl (C=O) groups is 1. The number of rotatable bonds is 2. The van der Waals surface area contributed by atoms with Crippen LogP contribution in [0.5, 0.6) is 0 Å². The van der Waals surface area contributed by atoms with E-state index in [1.807, 2.05) is 26.8 Å². The minimum Gasteiger partial charge on any atom is -0.504 e. The fourth-order valence-corrected chi connectivity index (χ4v) is 4.53. The van der Waals surface area contributed by atoms with Gasteiger partial charge in [0.1, 0.15) is 0 Å². The van der Waals surface area contributed by atoms with Crippen LogP contribution >= 0.6 is 0 Å². The van der Waals surface area contributed by atoms with Crippen LogP contribution in [-0.2, 0) is 4.79 Å². The van der Waals surface area contributed by atoms with Crippen LogP contribution < -0.4 is 0 Å². The van der Waals surface area contributed by atoms with Crippen molar-refractivity contribution in [1.29, 1.82) is 0 Å². The van der Waals surface area contributed by atoms with Gasteiger partial charge in [0.25, 0.3) is 0 Å². The predicted octanol–water partition coefficient (Wildman–Crippen LogP) is 5.19. The van der Waals surface area contributed by atoms with E-state index >= 15 is 0 Å². The third-order valence-electron chi connectivity index (χ3n) is 6.88. The van der Waals surface area contributed by atoms with E-state index in [2.05, 4.69) is 26.0 Å². The summed E-state index contributed by atoms with van der Waals surface area (Å²) in [5.41, 5.74) is 3.36. The van der Waals surface area contributed by atoms with E-state index < -0.39 is 11.5 Å². The molecule has 0 heterocycles. The zero-order chi connectivity index (χ0) is 21.8. The maximum Gasteiger partial charge on any atom is 0.203 e. The number of hydrogen-bond acceptors (Lipinski definition) is 4. The van der Waals surface area contributed by atoms with Crippen LogP contribution in [0.2, 0.25) is 0 Å². The molecule has 0 aliphatic heterocycles. The van der Waals surface area contributed by atoms with Gasteiger partial charge in [-0.1, -0.05) is 43.2 Å². The first kappa shape index (κ1) is 23.6. The Hall–Kier alpha value is -1.65. The Morgan fingerprint density at radius 2 is 1.79 bits per heavy atom. The van der Waals surface area contributed by atoms with Crippen molar-refractivity contribution in [3.05, 3.63) is 46.3 Å². The molecule has 162 valence electrons. The summed E-state index contributed by atoms with van der Waals surface area (Å²) in [7, 11) is 0. The Morgan fingerprint density at radius 1 is 1.14 bits per heavy atom. The van der Waals surface area contributed by atoms with Crippen LogP contribution in [0.25, 0.3) is 0 Å². The second-order valence-corrected chi connectivity index (χ2v) is 9.27. The molecule has 0 radical (unpaired) electrons. The van der Waals surface area contributed by atoms with Crippen LogP contribution in [0, 0.1) is 17.3 Å². The molecule has 29 heavy (non-hydrogen) atoms. The molecule has 0 saturated carbocycles. The number of allylic oxidation sites excluding steroid dienone is 6. The number of fused-ring (bicyclic) bond motifs is 1. The van der Waals surface area contributed by atoms with Crippen LogP contribution in [0.3, 0.4) is 0 Å². The molecule has 4 heteroatoms. The van der Waals surface area contributed by atoms with Crippen molar-refractivity contribution in [2.75, 3.05) is 6.61 Å². The molecule has 0 aromatic rings. The van der Waals surface area contributed by atoms with Crippen molar-refractivity contribution in [1.82, 2.24) is 0 Å². The number of ketones is 1. The molecule has 4 nitrogen and oxygen atoms in total. The van der Waals surface area contributed by atoms with Crippen LogP contribution in [0.15, 0.2) is 46.3 Å². The first-order valence-electron chi connectivity index (χ1n) is 10.9. The SMILES string of the molecule is [13CH3]/[13C]1=[13CH]\[13CH2][13C@]2([13CH3])[13C](=O)[13C](O)=[13C]([13C@H]([13CH3])[13CH2]O)[13C@H]2[13CH2]/[13CH]=[13C](\[13CH3])[13C@@H](O)[13CH2][13CH2]/[13C]([13CH3])=[13CH]/[13CH2][13CH2]1. The topological polar surface area (TPSA) is 77.8 Å². The Kier molecular flexibility index (Phi) is 8.07. The summed E-state index contributed by atoms with van der Waals surface area (Å²) >= 11 is 0. The summed E-state index contributed by atoms with van der Waals surface area (Å²) in [6, 6.07) is 0. The summed E-state index contributed by atoms with van der Waals surface area (Å²) in [5.74, 6) is -0.860. The van der Waals surface area contributed by atoms with E-state index in [0.717, 1.165) is 24.8 Å². The molecule has 0 unspecified atom stereocenters. The monoisotopic (exact) mass is 427 g/mol. The number of Topliss-reactive ketones (excluding diaryl/α,β-unsaturated/α-hetero) is 1. The molecule has 0 amide bonds. The minimum atomic E-state index is -0.738. The quantitative estimate of drug-likeness (QED) is 0.419. The van der Waals surface area contributed by atoms with E-state index in [9.17, 15) is 20.1 Å². The fourth-order valence-electron chi connectivity index (χ4n) is 4.53. The summed E-state index contributed by atoms with van der Waals surface area (Å²) < 4.78 is 0. The molecule has 2 aliphatic carbocycles. The van der Waals surface area contributed by atoms with Crippen molar-refractivity contribution in [3.63, 3.8) is 0 Å². The molecule has 0 aromatic carbocycles. The van der Waals surface area contributed by atoms with E-state index in [1.165, 1.54) is 11.1 Å². The van der Waals surface area contributed by atoms with Gasteiger partial charge >= 0.3 is 0 Å². The Labute approximate surface area is 175 Å². The zero-order valence-corrected chi connectivity index (χ0v) is 18.7. The van der Waals surface area contributed by atoms with Gasteiger partial charge in [-0.15, -0.1) is 0 Å². The molecular weight excluding hydrogens is 389 g/mol. The van der Waals surface area contributed by atoms with Gasteiger partial charge in [-0.25, -0.2) is 0 Å². The maximum atomic E-state index is 13.1. The molecule has 0 spiro atoms. The van der Waals surface area contributed by atoms with E-state index in [-0.39, 0.29) is 30.0 Å². The zero-order valence-electron chi connectivity index (χ0n) is 18.7. The van der Waals surface area contributed by atoms with Gasteiger partial charge < -0.3 is 15.3 Å². The van der Waals surface area contributed by atoms with Crippen molar-refractivity contribution in [3.8, 4) is 0 Å². The van der Waals surface area contributed by atoms with Gasteiger partial charge in [0.2, 0.25) is 5.78 Å². The molecule has 2 rings (SSSR count). The van der Waals surface area contributed by atoms with Crippen molar-refractivity contribution in [2.24, 2.45) is 17.3 Å². The highest BCUT2D eigenvalue weighted by atomic mass is 16.4. The lowest BCUT2D eigenvalue weighted by molar-refractivity contribution is -0.126. The summed E-state index contributed by atoms with van der Waals surface area (Å²) in [6.07, 6.45) is 10.4. The highest BCUT2D eigenvalue weighted by Crippen LogP contribution is 2.50. The molecule has 2 aliphatic rings. The third kappa shape index (κ3) is 5.29. The molecule has 3 N–H and O–H groups in total. The lowest BCUT2D eigenvalue weighted by Gasteiger charge is -2.32. The summed E-state index contributed by atoms with van der Waals surface area (Å²) in [5, 5.41) is 30.9. The largest absolute Gasteiger partial charge is 0.504 e. The van der Waals surface area contributed by atoms with Gasteiger partial charge in [0, 0.05) is 23.9 Å². The Bertz CT molecular complexity index is 740. The van der Waals surface area contributed by atoms with Gasteiger partial charge in [-0.2, -0.15) is 0 Å². The lowest BCUT2D eigenvalue weighted by Crippen LogP contribution is -2.32. The first-order valence-corrected chi connectivity index (χ1v) is 10.9. The van der Waals surface area contributed by atoms with E-state index in [1.54, 1.807) is 0 Å². The minimum absolute atomic E-state index is 0.107. The summed E-state index contributed by atoms with van der Waals surface area (Å²) in [4.78, 5) is 13.1. The van der Waals surface area contributed by atoms with E-state index in [4.69, 9.17) is 0 Å². The number of aliphatic hydroxyl groups is 3. The maximum absolute atomic E-state index is 13.1. The normalized spacial score (nSPS) is 36.7. The van der Waals surface area contributed by atoms with Crippen LogP contribution in [0.1, 0.15) is 73.1 Å². The second kappa shape index (κ2) is 9.90. The van der Waals surface area contributed by atoms with Crippen molar-refractivity contribution in [2.45, 2.75) is 79.2 Å². The van der Waals surface area contributed by atoms with Gasteiger partial charge in [-0.3, -0.25) is 4.79 Å². The molecule has 0 aromatic heterocycles. The molecule has 0 saturated heterocycles. The van der Waals surface area contributed by atoms with Gasteiger partial charge in [0.05, 0.1) is 6.10 Å². The highest BCUT2D eigenvalue weighted by molar-refractivity contribution is 6.02. The van der Waals surface area contributed by atoms with Gasteiger partial charge in [-0.05, 0) is 70.4 Å². The average molecular weight is 427 g/mol. The number of hydrogen-bond donors (Lipinski definition) is 3. The second-order valence-electron chi connectivity index (χ2n) is 9.27. The first-order chi connectivity index (χ1) is 13.6. The van der Waals surface area contributed by atoms with Crippen molar-refractivity contribution >= 4 is 5.78 Å². The van der Waals surface area contributed by atoms with Crippen LogP contribution in [-0.4, -0.2) is 33.8 Å². The molecular formula is C25H38O4. The van der Waals surface area contributed by atoms with Gasteiger partial charge in [0.15, 0.2) is 5.76 Å². The third-order valence-corrected chi connectivity index (χ3v) is 6.88. The Morgan fingerprint density at radius 3 is 2.45 bits per heavy atom. The molecule has 0 fully saturated rings. The van der Waals surface area contributed by atoms with Crippen LogP contribution in [0.4, 0.5) is 0 Å². The highest BCUT2D eigenvalue weighted by Gasteiger charge is 2.51. The predicted molar refractivity (Wildman–Crippen MR) is 117 cm³/mol. The standard InChI is InChI=1S/C25H38O4/c1-16-7-6-8-17(2)13-14-25(5)20(11-10-18(3)21(27)12-9-16)22(19(4)15-26)23(28)24(25)29/h7,10,13,19-21,26-28H,6,8-9,11-12,14-15H2,1-5H3/b16-7+,17-13+,18-10+/t19-,20-,21+,25+/m1/s1/i1+1,2+1,3+1,4+1,5+1,6+1,7+1,8+1,9+1,10+1,11+1,12+1,13+1,14+1,15+1,16+1,17+1,18+1,19+1,20+1,21+1,22+1,23+1,24+1,25+1. The fraction of sp³-hybridized carbons (Fsp3) is 0.640. The smallest absolute Gasteiger partial charge is 0.203 e.